The molecule has 0 saturated heterocycles. The number of fused-ring (bicyclic) bond motifs is 1. The van der Waals surface area contributed by atoms with Crippen molar-refractivity contribution in [1.82, 2.24) is 4.98 Å². The molecule has 15 heavy (non-hydrogen) atoms. The molecule has 0 bridgehead atoms. The van der Waals surface area contributed by atoms with Gasteiger partial charge in [0.15, 0.2) is 9.84 Å². The molecule has 3 N–H and O–H groups in total. The summed E-state index contributed by atoms with van der Waals surface area (Å²) in [5, 5.41) is 0.875. The first-order chi connectivity index (χ1) is 6.97. The first kappa shape index (κ1) is 10.0. The highest BCUT2D eigenvalue weighted by molar-refractivity contribution is 7.89. The van der Waals surface area contributed by atoms with E-state index in [0.29, 0.717) is 5.69 Å². The number of hydrogen-bond donors (Lipinski definition) is 2. The monoisotopic (exact) mass is 224 g/mol. The lowest BCUT2D eigenvalue weighted by atomic mass is 10.2. The number of nitrogen functional groups attached to an aromatic ring is 1. The lowest BCUT2D eigenvalue weighted by molar-refractivity contribution is 0.601. The molecule has 5 heteroatoms. The van der Waals surface area contributed by atoms with E-state index in [4.69, 9.17) is 5.73 Å². The summed E-state index contributed by atoms with van der Waals surface area (Å²) in [6.45, 7) is 0. The summed E-state index contributed by atoms with van der Waals surface area (Å²) in [4.78, 5) is 2.99. The second-order valence-corrected chi connectivity index (χ2v) is 5.79. The fourth-order valence-corrected chi connectivity index (χ4v) is 2.44. The van der Waals surface area contributed by atoms with E-state index in [9.17, 15) is 8.42 Å². The first-order valence-corrected chi connectivity index (χ1v) is 6.55. The maximum atomic E-state index is 11.2. The predicted octanol–water partition coefficient (Wildman–Crippen LogP) is 1.29. The minimum absolute atomic E-state index is 0.0381. The molecule has 2 aromatic rings. The Kier molecular flexibility index (Phi) is 2.19. The van der Waals surface area contributed by atoms with Crippen LogP contribution >= 0.6 is 0 Å². The largest absolute Gasteiger partial charge is 0.397 e. The molecule has 1 aromatic heterocycles. The number of aromatic amines is 1. The van der Waals surface area contributed by atoms with Crippen LogP contribution in [0, 0.1) is 0 Å². The average molecular weight is 224 g/mol. The maximum absolute atomic E-state index is 11.2. The molecular formula is C10H12N2O2S. The van der Waals surface area contributed by atoms with Crippen molar-refractivity contribution >= 4 is 26.4 Å². The Bertz CT molecular complexity index is 599. The van der Waals surface area contributed by atoms with Gasteiger partial charge in [0, 0.05) is 17.8 Å². The summed E-state index contributed by atoms with van der Waals surface area (Å²) >= 11 is 0. The SMILES string of the molecule is CS(=O)(=O)Cc1c[nH]c2c(N)cccc12. The van der Waals surface area contributed by atoms with Gasteiger partial charge in [-0.2, -0.15) is 0 Å². The molecule has 1 aromatic carbocycles. The molecule has 0 aliphatic heterocycles. The van der Waals surface area contributed by atoms with Gasteiger partial charge in [-0.1, -0.05) is 12.1 Å². The highest BCUT2D eigenvalue weighted by atomic mass is 32.2. The fraction of sp³-hybridized carbons (Fsp3) is 0.200. The van der Waals surface area contributed by atoms with Crippen molar-refractivity contribution in [1.29, 1.82) is 0 Å². The third kappa shape index (κ3) is 1.97. The van der Waals surface area contributed by atoms with E-state index >= 15 is 0 Å². The van der Waals surface area contributed by atoms with Crippen LogP contribution in [0.4, 0.5) is 5.69 Å². The van der Waals surface area contributed by atoms with Crippen molar-refractivity contribution in [2.45, 2.75) is 5.75 Å². The van der Waals surface area contributed by atoms with Crippen LogP contribution < -0.4 is 5.73 Å². The van der Waals surface area contributed by atoms with Gasteiger partial charge < -0.3 is 10.7 Å². The molecule has 0 saturated carbocycles. The van der Waals surface area contributed by atoms with E-state index < -0.39 is 9.84 Å². The Morgan fingerprint density at radius 3 is 2.80 bits per heavy atom. The van der Waals surface area contributed by atoms with E-state index in [2.05, 4.69) is 4.98 Å². The van der Waals surface area contributed by atoms with Crippen LogP contribution in [0.3, 0.4) is 0 Å². The van der Waals surface area contributed by atoms with Gasteiger partial charge in [-0.3, -0.25) is 0 Å². The zero-order valence-corrected chi connectivity index (χ0v) is 9.14. The molecule has 0 atom stereocenters. The number of nitrogens with one attached hydrogen (secondary N) is 1. The number of nitrogens with two attached hydrogens (primary N) is 1. The molecule has 0 amide bonds. The molecule has 0 aliphatic carbocycles. The second kappa shape index (κ2) is 3.27. The third-order valence-corrected chi connectivity index (χ3v) is 3.09. The van der Waals surface area contributed by atoms with Crippen LogP contribution in [-0.2, 0) is 15.6 Å². The Hall–Kier alpha value is -1.49. The van der Waals surface area contributed by atoms with Gasteiger partial charge >= 0.3 is 0 Å². The minimum Gasteiger partial charge on any atom is -0.397 e. The van der Waals surface area contributed by atoms with Crippen molar-refractivity contribution in [2.75, 3.05) is 12.0 Å². The summed E-state index contributed by atoms with van der Waals surface area (Å²) in [6, 6.07) is 5.46. The van der Waals surface area contributed by atoms with Crippen LogP contribution in [0.5, 0.6) is 0 Å². The zero-order chi connectivity index (χ0) is 11.1. The van der Waals surface area contributed by atoms with Gasteiger partial charge in [0.25, 0.3) is 0 Å². The lowest BCUT2D eigenvalue weighted by Crippen LogP contribution is -1.99. The summed E-state index contributed by atoms with van der Waals surface area (Å²) in [5.74, 6) is 0.0381. The number of H-pyrrole nitrogens is 1. The highest BCUT2D eigenvalue weighted by Gasteiger charge is 2.10. The van der Waals surface area contributed by atoms with Crippen LogP contribution in [0.1, 0.15) is 5.56 Å². The van der Waals surface area contributed by atoms with Gasteiger partial charge in [0.2, 0.25) is 0 Å². The number of para-hydroxylation sites is 1. The average Bonchev–Trinajstić information content (AvgIpc) is 2.48. The van der Waals surface area contributed by atoms with Gasteiger partial charge in [0.05, 0.1) is 17.0 Å². The van der Waals surface area contributed by atoms with Gasteiger partial charge in [0.1, 0.15) is 0 Å². The number of aromatic nitrogens is 1. The Morgan fingerprint density at radius 1 is 1.40 bits per heavy atom. The number of sulfone groups is 1. The topological polar surface area (TPSA) is 76.0 Å². The third-order valence-electron chi connectivity index (χ3n) is 2.25. The summed E-state index contributed by atoms with van der Waals surface area (Å²) in [6.07, 6.45) is 2.92. The van der Waals surface area contributed by atoms with E-state index in [1.165, 1.54) is 6.26 Å². The standard InChI is InChI=1S/C10H12N2O2S/c1-15(13,14)6-7-5-12-10-8(7)3-2-4-9(10)11/h2-5,12H,6,11H2,1H3. The Balaban J connectivity index is 2.60. The van der Waals surface area contributed by atoms with E-state index in [1.807, 2.05) is 12.1 Å². The summed E-state index contributed by atoms with van der Waals surface area (Å²) in [5.41, 5.74) is 7.95. The number of anilines is 1. The second-order valence-electron chi connectivity index (χ2n) is 3.65. The van der Waals surface area contributed by atoms with Crippen LogP contribution in [-0.4, -0.2) is 19.7 Å². The maximum Gasteiger partial charge on any atom is 0.151 e. The molecule has 2 rings (SSSR count). The number of benzene rings is 1. The van der Waals surface area contributed by atoms with E-state index in [0.717, 1.165) is 16.5 Å². The Morgan fingerprint density at radius 2 is 2.13 bits per heavy atom. The van der Waals surface area contributed by atoms with Crippen molar-refractivity contribution < 1.29 is 8.42 Å². The lowest BCUT2D eigenvalue weighted by Gasteiger charge is -1.98. The van der Waals surface area contributed by atoms with Gasteiger partial charge in [-0.05, 0) is 11.6 Å². The Labute approximate surface area is 88.0 Å². The molecule has 4 nitrogen and oxygen atoms in total. The van der Waals surface area contributed by atoms with Crippen molar-refractivity contribution in [3.05, 3.63) is 30.0 Å². The molecule has 0 spiro atoms. The van der Waals surface area contributed by atoms with Crippen molar-refractivity contribution in [3.8, 4) is 0 Å². The smallest absolute Gasteiger partial charge is 0.151 e. The van der Waals surface area contributed by atoms with Crippen LogP contribution in [0.2, 0.25) is 0 Å². The molecular weight excluding hydrogens is 212 g/mol. The quantitative estimate of drug-likeness (QED) is 0.755. The molecule has 0 fully saturated rings. The van der Waals surface area contributed by atoms with Crippen LogP contribution in [0.15, 0.2) is 24.4 Å². The summed E-state index contributed by atoms with van der Waals surface area (Å²) in [7, 11) is -3.01. The molecule has 0 radical (unpaired) electrons. The normalized spacial score (nSPS) is 12.1. The van der Waals surface area contributed by atoms with Gasteiger partial charge in [-0.15, -0.1) is 0 Å². The van der Waals surface area contributed by atoms with Gasteiger partial charge in [-0.25, -0.2) is 8.42 Å². The molecule has 1 heterocycles. The van der Waals surface area contributed by atoms with E-state index in [1.54, 1.807) is 12.3 Å². The van der Waals surface area contributed by atoms with Crippen molar-refractivity contribution in [2.24, 2.45) is 0 Å². The fourth-order valence-electron chi connectivity index (χ4n) is 1.64. The molecule has 0 aliphatic rings. The molecule has 0 unspecified atom stereocenters. The predicted molar refractivity (Wildman–Crippen MR) is 61.3 cm³/mol. The zero-order valence-electron chi connectivity index (χ0n) is 8.32. The number of rotatable bonds is 2. The van der Waals surface area contributed by atoms with E-state index in [-0.39, 0.29) is 5.75 Å². The highest BCUT2D eigenvalue weighted by Crippen LogP contribution is 2.24. The van der Waals surface area contributed by atoms with Crippen LogP contribution in [0.25, 0.3) is 10.9 Å². The minimum atomic E-state index is -3.01. The first-order valence-electron chi connectivity index (χ1n) is 4.49. The van der Waals surface area contributed by atoms with Crippen molar-refractivity contribution in [3.63, 3.8) is 0 Å². The summed E-state index contributed by atoms with van der Waals surface area (Å²) < 4.78 is 22.4. The number of hydrogen-bond acceptors (Lipinski definition) is 3. The molecule has 80 valence electrons.